The van der Waals surface area contributed by atoms with Gasteiger partial charge in [-0.05, 0) is 30.7 Å². The van der Waals surface area contributed by atoms with E-state index in [1.807, 2.05) is 0 Å². The van der Waals surface area contributed by atoms with Crippen molar-refractivity contribution in [3.63, 3.8) is 0 Å². The lowest BCUT2D eigenvalue weighted by atomic mass is 9.83. The predicted octanol–water partition coefficient (Wildman–Crippen LogP) is 5.52. The molecule has 0 amide bonds. The molecule has 0 spiro atoms. The number of hydrogen-bond donors (Lipinski definition) is 0. The molecule has 18 heavy (non-hydrogen) atoms. The molecule has 0 aromatic heterocycles. The molecule has 1 aromatic carbocycles. The second kappa shape index (κ2) is 7.33. The van der Waals surface area contributed by atoms with E-state index in [1.165, 1.54) is 56.1 Å². The van der Waals surface area contributed by atoms with Crippen molar-refractivity contribution in [3.05, 3.63) is 35.4 Å². The van der Waals surface area contributed by atoms with Crippen molar-refractivity contribution >= 4 is 15.9 Å². The van der Waals surface area contributed by atoms with Gasteiger partial charge >= 0.3 is 0 Å². The minimum Gasteiger partial charge on any atom is -0.0925 e. The lowest BCUT2D eigenvalue weighted by Gasteiger charge is -2.24. The Bertz CT molecular complexity index is 333. The summed E-state index contributed by atoms with van der Waals surface area (Å²) in [6, 6.07) is 9.10. The Kier molecular flexibility index (Phi) is 5.75. The fourth-order valence-corrected chi connectivity index (χ4v) is 3.91. The number of rotatable bonds is 4. The van der Waals surface area contributed by atoms with Gasteiger partial charge in [0.05, 0.1) is 0 Å². The quantitative estimate of drug-likeness (QED) is 0.507. The molecule has 0 heterocycles. The molecule has 1 saturated carbocycles. The van der Waals surface area contributed by atoms with E-state index in [0.29, 0.717) is 0 Å². The van der Waals surface area contributed by atoms with Crippen LogP contribution in [-0.4, -0.2) is 5.33 Å². The molecule has 0 saturated heterocycles. The van der Waals surface area contributed by atoms with Gasteiger partial charge in [-0.3, -0.25) is 0 Å². The first-order valence-corrected chi connectivity index (χ1v) is 8.53. The number of alkyl halides is 1. The summed E-state index contributed by atoms with van der Waals surface area (Å²) in [4.78, 5) is 0. The molecule has 1 aliphatic carbocycles. The van der Waals surface area contributed by atoms with E-state index >= 15 is 0 Å². The van der Waals surface area contributed by atoms with Crippen molar-refractivity contribution in [1.29, 1.82) is 0 Å². The zero-order chi connectivity index (χ0) is 12.8. The summed E-state index contributed by atoms with van der Waals surface area (Å²) >= 11 is 3.75. The molecule has 0 bridgehead atoms. The van der Waals surface area contributed by atoms with Crippen LogP contribution in [0.1, 0.15) is 49.7 Å². The minimum atomic E-state index is 0.825. The summed E-state index contributed by atoms with van der Waals surface area (Å²) in [7, 11) is 0. The number of halogens is 1. The highest BCUT2D eigenvalue weighted by Crippen LogP contribution is 2.32. The van der Waals surface area contributed by atoms with Crippen LogP contribution >= 0.6 is 15.9 Å². The highest BCUT2D eigenvalue weighted by atomic mass is 79.9. The molecule has 1 aromatic rings. The van der Waals surface area contributed by atoms with Gasteiger partial charge < -0.3 is 0 Å². The van der Waals surface area contributed by atoms with E-state index in [4.69, 9.17) is 0 Å². The molecular weight excluding hydrogens is 284 g/mol. The normalized spacial score (nSPS) is 19.4. The molecule has 0 radical (unpaired) electrons. The van der Waals surface area contributed by atoms with Gasteiger partial charge in [0, 0.05) is 5.33 Å². The SMILES string of the molecule is Cc1ccc(CC(CBr)C2CCCCCC2)cc1. The van der Waals surface area contributed by atoms with Gasteiger partial charge in [0.1, 0.15) is 0 Å². The van der Waals surface area contributed by atoms with Crippen LogP contribution in [0.4, 0.5) is 0 Å². The average Bonchev–Trinajstić information content (AvgIpc) is 2.67. The van der Waals surface area contributed by atoms with Crippen molar-refractivity contribution in [2.45, 2.75) is 51.9 Å². The fraction of sp³-hybridized carbons (Fsp3) is 0.647. The molecule has 1 aliphatic rings. The molecule has 0 nitrogen and oxygen atoms in total. The second-order valence-corrected chi connectivity index (χ2v) is 6.50. The van der Waals surface area contributed by atoms with Crippen LogP contribution in [0.25, 0.3) is 0 Å². The number of aryl methyl sites for hydroxylation is 1. The third kappa shape index (κ3) is 4.12. The highest BCUT2D eigenvalue weighted by Gasteiger charge is 2.21. The first-order chi connectivity index (χ1) is 8.79. The molecule has 100 valence electrons. The molecule has 2 rings (SSSR count). The van der Waals surface area contributed by atoms with E-state index in [-0.39, 0.29) is 0 Å². The van der Waals surface area contributed by atoms with Crippen molar-refractivity contribution in [2.24, 2.45) is 11.8 Å². The lowest BCUT2D eigenvalue weighted by Crippen LogP contribution is -2.18. The predicted molar refractivity (Wildman–Crippen MR) is 83.4 cm³/mol. The largest absolute Gasteiger partial charge is 0.0925 e. The van der Waals surface area contributed by atoms with Gasteiger partial charge in [0.2, 0.25) is 0 Å². The molecule has 0 aliphatic heterocycles. The van der Waals surface area contributed by atoms with E-state index in [9.17, 15) is 0 Å². The Morgan fingerprint density at radius 3 is 2.22 bits per heavy atom. The first kappa shape index (κ1) is 14.1. The molecule has 1 unspecified atom stereocenters. The third-order valence-corrected chi connectivity index (χ3v) is 5.21. The standard InChI is InChI=1S/C17H25Br/c1-14-8-10-15(11-9-14)12-17(13-18)16-6-4-2-3-5-7-16/h8-11,16-17H,2-7,12-13H2,1H3. The molecule has 0 N–H and O–H groups in total. The third-order valence-electron chi connectivity index (χ3n) is 4.38. The zero-order valence-electron chi connectivity index (χ0n) is 11.5. The molecule has 1 fully saturated rings. The highest BCUT2D eigenvalue weighted by molar-refractivity contribution is 9.09. The molecular formula is C17H25Br. The first-order valence-electron chi connectivity index (χ1n) is 7.41. The maximum absolute atomic E-state index is 3.75. The summed E-state index contributed by atoms with van der Waals surface area (Å²) in [5, 5.41) is 1.16. The Morgan fingerprint density at radius 1 is 1.06 bits per heavy atom. The van der Waals surface area contributed by atoms with Crippen LogP contribution in [0, 0.1) is 18.8 Å². The molecule has 1 heteroatoms. The van der Waals surface area contributed by atoms with Gasteiger partial charge in [-0.1, -0.05) is 84.3 Å². The van der Waals surface area contributed by atoms with Gasteiger partial charge in [-0.15, -0.1) is 0 Å². The maximum Gasteiger partial charge on any atom is 0.00654 e. The smallest absolute Gasteiger partial charge is 0.00654 e. The lowest BCUT2D eigenvalue weighted by molar-refractivity contribution is 0.325. The summed E-state index contributed by atoms with van der Waals surface area (Å²) in [6.45, 7) is 2.16. The van der Waals surface area contributed by atoms with Gasteiger partial charge in [-0.25, -0.2) is 0 Å². The summed E-state index contributed by atoms with van der Waals surface area (Å²) < 4.78 is 0. The summed E-state index contributed by atoms with van der Waals surface area (Å²) in [6.07, 6.45) is 9.94. The second-order valence-electron chi connectivity index (χ2n) is 5.86. The zero-order valence-corrected chi connectivity index (χ0v) is 13.1. The van der Waals surface area contributed by atoms with Crippen molar-refractivity contribution in [1.82, 2.24) is 0 Å². The Labute approximate surface area is 120 Å². The monoisotopic (exact) mass is 308 g/mol. The average molecular weight is 309 g/mol. The summed E-state index contributed by atoms with van der Waals surface area (Å²) in [5.41, 5.74) is 2.87. The van der Waals surface area contributed by atoms with Crippen molar-refractivity contribution < 1.29 is 0 Å². The van der Waals surface area contributed by atoms with Crippen LogP contribution in [-0.2, 0) is 6.42 Å². The number of hydrogen-bond acceptors (Lipinski definition) is 0. The Morgan fingerprint density at radius 2 is 1.67 bits per heavy atom. The Hall–Kier alpha value is -0.300. The maximum atomic E-state index is 3.75. The van der Waals surface area contributed by atoms with Crippen LogP contribution in [0.2, 0.25) is 0 Å². The van der Waals surface area contributed by atoms with Crippen molar-refractivity contribution in [2.75, 3.05) is 5.33 Å². The van der Waals surface area contributed by atoms with Crippen LogP contribution in [0.3, 0.4) is 0 Å². The molecule has 1 atom stereocenters. The summed E-state index contributed by atoms with van der Waals surface area (Å²) in [5.74, 6) is 1.76. The van der Waals surface area contributed by atoms with Gasteiger partial charge in [0.15, 0.2) is 0 Å². The van der Waals surface area contributed by atoms with Gasteiger partial charge in [-0.2, -0.15) is 0 Å². The van der Waals surface area contributed by atoms with E-state index in [0.717, 1.165) is 17.2 Å². The van der Waals surface area contributed by atoms with Gasteiger partial charge in [0.25, 0.3) is 0 Å². The van der Waals surface area contributed by atoms with Crippen LogP contribution < -0.4 is 0 Å². The van der Waals surface area contributed by atoms with Crippen LogP contribution in [0.15, 0.2) is 24.3 Å². The van der Waals surface area contributed by atoms with Crippen molar-refractivity contribution in [3.8, 4) is 0 Å². The number of benzene rings is 1. The Balaban J connectivity index is 1.97. The fourth-order valence-electron chi connectivity index (χ4n) is 3.16. The van der Waals surface area contributed by atoms with E-state index in [2.05, 4.69) is 47.1 Å². The van der Waals surface area contributed by atoms with E-state index < -0.39 is 0 Å². The topological polar surface area (TPSA) is 0 Å². The van der Waals surface area contributed by atoms with E-state index in [1.54, 1.807) is 0 Å². The van der Waals surface area contributed by atoms with Crippen LogP contribution in [0.5, 0.6) is 0 Å². The minimum absolute atomic E-state index is 0.825.